The molecule has 1 amide bonds. The Labute approximate surface area is 128 Å². The largest absolute Gasteiger partial charge is 0.452 e. The second-order valence-corrected chi connectivity index (χ2v) is 6.09. The maximum Gasteiger partial charge on any atom is 0.426 e. The maximum absolute atomic E-state index is 11.2. The zero-order valence-corrected chi connectivity index (χ0v) is 13.5. The van der Waals surface area contributed by atoms with Crippen molar-refractivity contribution in [3.8, 4) is 0 Å². The molecule has 1 atom stereocenters. The summed E-state index contributed by atoms with van der Waals surface area (Å²) in [6.45, 7) is 2.19. The Morgan fingerprint density at radius 3 is 2.95 bits per heavy atom. The third-order valence-corrected chi connectivity index (χ3v) is 4.52. The Morgan fingerprint density at radius 2 is 2.29 bits per heavy atom. The number of hydrogen-bond acceptors (Lipinski definition) is 5. The smallest absolute Gasteiger partial charge is 0.426 e. The van der Waals surface area contributed by atoms with Crippen molar-refractivity contribution in [3.05, 3.63) is 24.5 Å². The average Bonchev–Trinajstić information content (AvgIpc) is 2.86. The minimum Gasteiger partial charge on any atom is -0.452 e. The minimum atomic E-state index is -0.521. The molecule has 0 aliphatic heterocycles. The Morgan fingerprint density at radius 1 is 1.52 bits per heavy atom. The van der Waals surface area contributed by atoms with Gasteiger partial charge in [0.15, 0.2) is 0 Å². The van der Waals surface area contributed by atoms with Crippen LogP contribution in [0.1, 0.15) is 6.92 Å². The molecule has 1 heterocycles. The number of carbonyl (C=O) groups excluding carboxylic acids is 1. The fourth-order valence-electron chi connectivity index (χ4n) is 1.68. The second-order valence-electron chi connectivity index (χ2n) is 4.99. The molecule has 0 saturated carbocycles. The predicted octanol–water partition coefficient (Wildman–Crippen LogP) is 2.39. The lowest BCUT2D eigenvalue weighted by atomic mass is 10.3. The number of imidazole rings is 1. The van der Waals surface area contributed by atoms with Crippen LogP contribution < -0.4 is 5.43 Å². The van der Waals surface area contributed by atoms with E-state index < -0.39 is 6.09 Å². The van der Waals surface area contributed by atoms with E-state index >= 15 is 0 Å². The molecule has 0 aliphatic rings. The summed E-state index contributed by atoms with van der Waals surface area (Å²) in [4.78, 5) is 18.9. The molecule has 7 heteroatoms. The van der Waals surface area contributed by atoms with Gasteiger partial charge in [0.2, 0.25) is 0 Å². The Bertz CT molecular complexity index is 626. The van der Waals surface area contributed by atoms with Gasteiger partial charge in [0.1, 0.15) is 6.33 Å². The van der Waals surface area contributed by atoms with Crippen LogP contribution in [0.15, 0.2) is 29.4 Å². The number of methoxy groups -OCH3 is 1. The van der Waals surface area contributed by atoms with Crippen LogP contribution in [0.5, 0.6) is 0 Å². The lowest BCUT2D eigenvalue weighted by Gasteiger charge is -2.18. The summed E-state index contributed by atoms with van der Waals surface area (Å²) in [5.41, 5.74) is 4.26. The van der Waals surface area contributed by atoms with Gasteiger partial charge in [-0.3, -0.25) is 0 Å². The Balaban J connectivity index is 2.10. The monoisotopic (exact) mass is 308 g/mol. The molecule has 0 fully saturated rings. The van der Waals surface area contributed by atoms with Gasteiger partial charge in [0, 0.05) is 16.7 Å². The molecule has 1 aromatic heterocycles. The maximum atomic E-state index is 11.2. The highest BCUT2D eigenvalue weighted by Gasteiger charge is 2.09. The van der Waals surface area contributed by atoms with Crippen LogP contribution in [0, 0.1) is 0 Å². The molecule has 2 aromatic rings. The summed E-state index contributed by atoms with van der Waals surface area (Å²) in [5.74, 6) is 1.01. The van der Waals surface area contributed by atoms with Crippen LogP contribution in [0.4, 0.5) is 4.79 Å². The fourth-order valence-corrected chi connectivity index (χ4v) is 2.77. The van der Waals surface area contributed by atoms with Crippen LogP contribution in [-0.2, 0) is 4.74 Å². The van der Waals surface area contributed by atoms with E-state index in [2.05, 4.69) is 41.1 Å². The number of thioether (sulfide) groups is 1. The first-order valence-corrected chi connectivity index (χ1v) is 7.61. The third kappa shape index (κ3) is 3.89. The number of fused-ring (bicyclic) bond motifs is 1. The number of rotatable bonds is 5. The molecular weight excluding hydrogens is 288 g/mol. The van der Waals surface area contributed by atoms with E-state index in [9.17, 15) is 4.79 Å². The van der Waals surface area contributed by atoms with Crippen molar-refractivity contribution in [2.45, 2.75) is 17.9 Å². The summed E-state index contributed by atoms with van der Waals surface area (Å²) in [5, 5.41) is 0. The SMILES string of the molecule is COC(=O)Nn1cnc2cc(SCC(C)N(C)C)ccc21. The van der Waals surface area contributed by atoms with Gasteiger partial charge < -0.3 is 9.64 Å². The number of carbonyl (C=O) groups is 1. The van der Waals surface area contributed by atoms with Crippen LogP contribution in [0.25, 0.3) is 11.0 Å². The normalized spacial score (nSPS) is 12.6. The standard InChI is InChI=1S/C14H20N4O2S/c1-10(17(2)3)8-21-11-5-6-13-12(7-11)15-9-18(13)16-14(19)20-4/h5-7,9-10H,8H2,1-4H3,(H,16,19). The molecule has 1 unspecified atom stereocenters. The minimum absolute atomic E-state index is 0.504. The summed E-state index contributed by atoms with van der Waals surface area (Å²) in [6, 6.07) is 6.51. The number of amides is 1. The molecule has 21 heavy (non-hydrogen) atoms. The molecule has 0 aliphatic carbocycles. The Hall–Kier alpha value is -1.73. The predicted molar refractivity (Wildman–Crippen MR) is 85.4 cm³/mol. The summed E-state index contributed by atoms with van der Waals surface area (Å²) >= 11 is 1.80. The van der Waals surface area contributed by atoms with E-state index in [1.807, 2.05) is 18.2 Å². The van der Waals surface area contributed by atoms with Crippen molar-refractivity contribution in [3.63, 3.8) is 0 Å². The number of nitrogens with zero attached hydrogens (tertiary/aromatic N) is 3. The number of benzene rings is 1. The molecule has 0 radical (unpaired) electrons. The molecule has 6 nitrogen and oxygen atoms in total. The summed E-state index contributed by atoms with van der Waals surface area (Å²) in [6.07, 6.45) is 1.05. The molecule has 0 bridgehead atoms. The van der Waals surface area contributed by atoms with Gasteiger partial charge >= 0.3 is 6.09 Å². The zero-order valence-electron chi connectivity index (χ0n) is 12.7. The molecule has 0 spiro atoms. The summed E-state index contributed by atoms with van der Waals surface area (Å²) in [7, 11) is 5.48. The highest BCUT2D eigenvalue weighted by molar-refractivity contribution is 7.99. The molecule has 1 aromatic carbocycles. The third-order valence-electron chi connectivity index (χ3n) is 3.29. The van der Waals surface area contributed by atoms with Crippen LogP contribution >= 0.6 is 11.8 Å². The highest BCUT2D eigenvalue weighted by atomic mass is 32.2. The molecule has 1 N–H and O–H groups in total. The lowest BCUT2D eigenvalue weighted by molar-refractivity contribution is 0.183. The van der Waals surface area contributed by atoms with Gasteiger partial charge in [-0.2, -0.15) is 0 Å². The zero-order chi connectivity index (χ0) is 15.4. The highest BCUT2D eigenvalue weighted by Crippen LogP contribution is 2.23. The van der Waals surface area contributed by atoms with Crippen molar-refractivity contribution in [1.82, 2.24) is 14.6 Å². The van der Waals surface area contributed by atoms with E-state index in [1.54, 1.807) is 22.8 Å². The van der Waals surface area contributed by atoms with Gasteiger partial charge in [-0.1, -0.05) is 0 Å². The molecular formula is C14H20N4O2S. The average molecular weight is 308 g/mol. The van der Waals surface area contributed by atoms with Crippen LogP contribution in [-0.4, -0.2) is 53.7 Å². The molecule has 114 valence electrons. The van der Waals surface area contributed by atoms with Crippen molar-refractivity contribution in [2.24, 2.45) is 0 Å². The lowest BCUT2D eigenvalue weighted by Crippen LogP contribution is -2.26. The molecule has 2 rings (SSSR count). The van der Waals surface area contributed by atoms with Crippen LogP contribution in [0.3, 0.4) is 0 Å². The topological polar surface area (TPSA) is 59.4 Å². The van der Waals surface area contributed by atoms with Crippen molar-refractivity contribution >= 4 is 28.9 Å². The second kappa shape index (κ2) is 6.82. The van der Waals surface area contributed by atoms with Gasteiger partial charge in [-0.15, -0.1) is 11.8 Å². The van der Waals surface area contributed by atoms with Gasteiger partial charge in [-0.25, -0.2) is 19.9 Å². The summed E-state index contributed by atoms with van der Waals surface area (Å²) < 4.78 is 6.13. The fraction of sp³-hybridized carbons (Fsp3) is 0.429. The van der Waals surface area contributed by atoms with Gasteiger partial charge in [0.25, 0.3) is 0 Å². The van der Waals surface area contributed by atoms with Crippen molar-refractivity contribution < 1.29 is 9.53 Å². The van der Waals surface area contributed by atoms with E-state index in [-0.39, 0.29) is 0 Å². The number of hydrogen-bond donors (Lipinski definition) is 1. The first kappa shape index (κ1) is 15.7. The first-order valence-electron chi connectivity index (χ1n) is 6.62. The van der Waals surface area contributed by atoms with Gasteiger partial charge in [-0.05, 0) is 39.2 Å². The van der Waals surface area contributed by atoms with E-state index in [0.29, 0.717) is 6.04 Å². The van der Waals surface area contributed by atoms with Crippen molar-refractivity contribution in [2.75, 3.05) is 32.4 Å². The Kier molecular flexibility index (Phi) is 5.08. The van der Waals surface area contributed by atoms with E-state index in [4.69, 9.17) is 0 Å². The van der Waals surface area contributed by atoms with Crippen molar-refractivity contribution in [1.29, 1.82) is 0 Å². The van der Waals surface area contributed by atoms with E-state index in [1.165, 1.54) is 12.0 Å². The van der Waals surface area contributed by atoms with E-state index in [0.717, 1.165) is 16.8 Å². The number of nitrogens with one attached hydrogen (secondary N) is 1. The molecule has 0 saturated heterocycles. The first-order chi connectivity index (χ1) is 10.0. The van der Waals surface area contributed by atoms with Crippen LogP contribution in [0.2, 0.25) is 0 Å². The number of ether oxygens (including phenoxy) is 1. The number of aromatic nitrogens is 2. The van der Waals surface area contributed by atoms with Gasteiger partial charge in [0.05, 0.1) is 18.1 Å². The quantitative estimate of drug-likeness (QED) is 0.860.